The summed E-state index contributed by atoms with van der Waals surface area (Å²) in [7, 11) is 0. The van der Waals surface area contributed by atoms with E-state index in [0.29, 0.717) is 32.2 Å². The highest BCUT2D eigenvalue weighted by Crippen LogP contribution is 2.35. The molecule has 2 fully saturated rings. The second kappa shape index (κ2) is 6.37. The van der Waals surface area contributed by atoms with E-state index in [4.69, 9.17) is 9.47 Å². The third-order valence-corrected chi connectivity index (χ3v) is 4.79. The van der Waals surface area contributed by atoms with Crippen LogP contribution in [-0.4, -0.2) is 48.3 Å². The first kappa shape index (κ1) is 17.2. The number of hydrogen-bond acceptors (Lipinski definition) is 3. The van der Waals surface area contributed by atoms with Gasteiger partial charge in [-0.15, -0.1) is 0 Å². The average molecular weight is 343 g/mol. The van der Waals surface area contributed by atoms with Crippen LogP contribution in [0.25, 0.3) is 0 Å². The largest absolute Gasteiger partial charge is 0.375 e. The molecule has 0 N–H and O–H groups in total. The first-order chi connectivity index (χ1) is 11.3. The molecule has 3 rings (SSSR count). The lowest BCUT2D eigenvalue weighted by atomic mass is 9.92. The first-order valence-corrected chi connectivity index (χ1v) is 8.01. The van der Waals surface area contributed by atoms with Crippen molar-refractivity contribution in [2.75, 3.05) is 19.7 Å². The maximum Gasteiger partial charge on any atom is 0.227 e. The van der Waals surface area contributed by atoms with E-state index in [9.17, 15) is 18.0 Å². The van der Waals surface area contributed by atoms with Crippen molar-refractivity contribution in [3.63, 3.8) is 0 Å². The molecule has 0 bridgehead atoms. The number of nitrogens with zero attached hydrogens (tertiary/aromatic N) is 1. The van der Waals surface area contributed by atoms with E-state index in [1.165, 1.54) is 0 Å². The predicted molar refractivity (Wildman–Crippen MR) is 79.9 cm³/mol. The van der Waals surface area contributed by atoms with E-state index in [1.54, 1.807) is 4.90 Å². The number of carbonyl (C=O) groups is 1. The summed E-state index contributed by atoms with van der Waals surface area (Å²) in [5.74, 6) is -3.69. The topological polar surface area (TPSA) is 38.8 Å². The normalized spacial score (nSPS) is 30.1. The van der Waals surface area contributed by atoms with Crippen molar-refractivity contribution in [3.05, 3.63) is 35.1 Å². The lowest BCUT2D eigenvalue weighted by Crippen LogP contribution is -2.59. The zero-order chi connectivity index (χ0) is 17.5. The molecule has 7 heteroatoms. The molecule has 2 aliphatic rings. The highest BCUT2D eigenvalue weighted by atomic mass is 19.2. The minimum atomic E-state index is -1.26. The Hall–Kier alpha value is -1.60. The number of morpholine rings is 1. The zero-order valence-electron chi connectivity index (χ0n) is 13.7. The Balaban J connectivity index is 1.76. The summed E-state index contributed by atoms with van der Waals surface area (Å²) in [6.07, 6.45) is 0.0419. The van der Waals surface area contributed by atoms with Crippen LogP contribution in [0.2, 0.25) is 0 Å². The number of halogens is 3. The van der Waals surface area contributed by atoms with E-state index in [1.807, 2.05) is 13.8 Å². The van der Waals surface area contributed by atoms with Crippen molar-refractivity contribution in [1.29, 1.82) is 0 Å². The Kier molecular flexibility index (Phi) is 4.57. The van der Waals surface area contributed by atoms with Gasteiger partial charge in [-0.25, -0.2) is 13.2 Å². The predicted octanol–water partition coefficient (Wildman–Crippen LogP) is 2.44. The van der Waals surface area contributed by atoms with Crippen molar-refractivity contribution in [3.8, 4) is 0 Å². The van der Waals surface area contributed by atoms with E-state index >= 15 is 0 Å². The van der Waals surface area contributed by atoms with E-state index in [2.05, 4.69) is 0 Å². The van der Waals surface area contributed by atoms with Crippen LogP contribution in [-0.2, 0) is 20.7 Å². The minimum Gasteiger partial charge on any atom is -0.375 e. The van der Waals surface area contributed by atoms with Crippen molar-refractivity contribution < 1.29 is 27.4 Å². The quantitative estimate of drug-likeness (QED) is 0.775. The van der Waals surface area contributed by atoms with E-state index in [0.717, 1.165) is 6.07 Å². The maximum atomic E-state index is 13.8. The molecule has 0 aliphatic carbocycles. The van der Waals surface area contributed by atoms with Crippen LogP contribution in [0.1, 0.15) is 25.8 Å². The van der Waals surface area contributed by atoms with Gasteiger partial charge in [0, 0.05) is 31.2 Å². The fourth-order valence-corrected chi connectivity index (χ4v) is 3.46. The van der Waals surface area contributed by atoms with Crippen molar-refractivity contribution in [2.45, 2.75) is 44.5 Å². The van der Waals surface area contributed by atoms with Gasteiger partial charge in [-0.3, -0.25) is 4.79 Å². The molecule has 2 aliphatic heterocycles. The SMILES string of the molecule is C[C@@H]1CN(C(=O)Cc2cc(F)c(F)cc2F)C[C@]2(CCO[C@@H]2C)O1. The van der Waals surface area contributed by atoms with Gasteiger partial charge in [0.25, 0.3) is 0 Å². The smallest absolute Gasteiger partial charge is 0.227 e. The Bertz CT molecular complexity index is 654. The maximum absolute atomic E-state index is 13.8. The van der Waals surface area contributed by atoms with Crippen LogP contribution in [0.3, 0.4) is 0 Å². The summed E-state index contributed by atoms with van der Waals surface area (Å²) in [6.45, 7) is 5.06. The Morgan fingerprint density at radius 1 is 1.25 bits per heavy atom. The molecular formula is C17H20F3NO3. The summed E-state index contributed by atoms with van der Waals surface area (Å²) < 4.78 is 51.7. The molecular weight excluding hydrogens is 323 g/mol. The third-order valence-electron chi connectivity index (χ3n) is 4.79. The molecule has 2 heterocycles. The van der Waals surface area contributed by atoms with Gasteiger partial charge in [0.15, 0.2) is 11.6 Å². The van der Waals surface area contributed by atoms with Gasteiger partial charge in [-0.05, 0) is 19.9 Å². The molecule has 4 nitrogen and oxygen atoms in total. The van der Waals surface area contributed by atoms with Gasteiger partial charge >= 0.3 is 0 Å². The summed E-state index contributed by atoms with van der Waals surface area (Å²) >= 11 is 0. The molecule has 1 aromatic rings. The fraction of sp³-hybridized carbons (Fsp3) is 0.588. The lowest BCUT2D eigenvalue weighted by molar-refractivity contribution is -0.178. The molecule has 0 unspecified atom stereocenters. The number of carbonyl (C=O) groups excluding carboxylic acids is 1. The minimum absolute atomic E-state index is 0.143. The zero-order valence-corrected chi connectivity index (χ0v) is 13.7. The third kappa shape index (κ3) is 3.15. The van der Waals surface area contributed by atoms with E-state index < -0.39 is 23.1 Å². The van der Waals surface area contributed by atoms with Crippen LogP contribution >= 0.6 is 0 Å². The summed E-state index contributed by atoms with van der Waals surface area (Å²) in [4.78, 5) is 14.2. The van der Waals surface area contributed by atoms with Crippen LogP contribution in [0.15, 0.2) is 12.1 Å². The molecule has 2 saturated heterocycles. The summed E-state index contributed by atoms with van der Waals surface area (Å²) in [5, 5.41) is 0. The number of ether oxygens (including phenoxy) is 2. The highest BCUT2D eigenvalue weighted by Gasteiger charge is 2.48. The standard InChI is InChI=1S/C17H20F3NO3/c1-10-8-21(9-17(24-10)3-4-23-11(17)2)16(22)6-12-5-14(19)15(20)7-13(12)18/h5,7,10-11H,3-4,6,8-9H2,1-2H3/t10-,11-,17+/m1/s1. The van der Waals surface area contributed by atoms with E-state index in [-0.39, 0.29) is 30.1 Å². The van der Waals surface area contributed by atoms with Crippen LogP contribution in [0, 0.1) is 17.5 Å². The number of rotatable bonds is 2. The highest BCUT2D eigenvalue weighted by molar-refractivity contribution is 5.79. The fourth-order valence-electron chi connectivity index (χ4n) is 3.46. The number of amides is 1. The lowest BCUT2D eigenvalue weighted by Gasteiger charge is -2.45. The Morgan fingerprint density at radius 3 is 2.62 bits per heavy atom. The number of hydrogen-bond donors (Lipinski definition) is 0. The van der Waals surface area contributed by atoms with Gasteiger partial charge < -0.3 is 14.4 Å². The van der Waals surface area contributed by atoms with Crippen molar-refractivity contribution in [2.24, 2.45) is 0 Å². The Labute approximate surface area is 138 Å². The number of benzene rings is 1. The van der Waals surface area contributed by atoms with Gasteiger partial charge in [0.1, 0.15) is 11.4 Å². The second-order valence-corrected chi connectivity index (χ2v) is 6.57. The molecule has 1 amide bonds. The van der Waals surface area contributed by atoms with Gasteiger partial charge in [0.2, 0.25) is 5.91 Å². The van der Waals surface area contributed by atoms with Crippen molar-refractivity contribution in [1.82, 2.24) is 4.90 Å². The van der Waals surface area contributed by atoms with Gasteiger partial charge in [0.05, 0.1) is 25.2 Å². The van der Waals surface area contributed by atoms with Crippen LogP contribution in [0.5, 0.6) is 0 Å². The summed E-state index contributed by atoms with van der Waals surface area (Å²) in [6, 6.07) is 1.21. The molecule has 1 aromatic carbocycles. The average Bonchev–Trinajstić information content (AvgIpc) is 2.84. The molecule has 0 aromatic heterocycles. The molecule has 3 atom stereocenters. The molecule has 0 radical (unpaired) electrons. The Morgan fingerprint density at radius 2 is 1.96 bits per heavy atom. The molecule has 1 spiro atoms. The molecule has 0 saturated carbocycles. The second-order valence-electron chi connectivity index (χ2n) is 6.57. The first-order valence-electron chi connectivity index (χ1n) is 8.01. The van der Waals surface area contributed by atoms with Gasteiger partial charge in [-0.1, -0.05) is 0 Å². The van der Waals surface area contributed by atoms with Crippen LogP contribution in [0.4, 0.5) is 13.2 Å². The summed E-state index contributed by atoms with van der Waals surface area (Å²) in [5.41, 5.74) is -0.706. The van der Waals surface area contributed by atoms with Gasteiger partial charge in [-0.2, -0.15) is 0 Å². The molecule has 24 heavy (non-hydrogen) atoms. The van der Waals surface area contributed by atoms with Crippen LogP contribution < -0.4 is 0 Å². The molecule has 132 valence electrons. The monoisotopic (exact) mass is 343 g/mol. The van der Waals surface area contributed by atoms with Crippen molar-refractivity contribution >= 4 is 5.91 Å².